The summed E-state index contributed by atoms with van der Waals surface area (Å²) in [6, 6.07) is 3.23. The van der Waals surface area contributed by atoms with Crippen LogP contribution in [0.1, 0.15) is 27.2 Å². The number of nitrogens with one attached hydrogen (secondary N) is 2. The fourth-order valence-corrected chi connectivity index (χ4v) is 2.41. The lowest BCUT2D eigenvalue weighted by molar-refractivity contribution is 0.528. The van der Waals surface area contributed by atoms with E-state index < -0.39 is 10.0 Å². The maximum Gasteiger partial charge on any atom is 0.242 e. The molecule has 1 unspecified atom stereocenters. The van der Waals surface area contributed by atoms with Crippen LogP contribution in [-0.4, -0.2) is 26.5 Å². The van der Waals surface area contributed by atoms with E-state index in [0.717, 1.165) is 13.0 Å². The average Bonchev–Trinajstić information content (AvgIpc) is 2.37. The second-order valence-electron chi connectivity index (χ2n) is 4.27. The highest BCUT2D eigenvalue weighted by molar-refractivity contribution is 7.89. The zero-order valence-corrected chi connectivity index (χ0v) is 11.9. The Hall–Kier alpha value is -1.14. The lowest BCUT2D eigenvalue weighted by Crippen LogP contribution is -2.28. The Labute approximate surface area is 109 Å². The maximum absolute atomic E-state index is 12.0. The smallest absolute Gasteiger partial charge is 0.242 e. The first-order valence-corrected chi connectivity index (χ1v) is 7.67. The van der Waals surface area contributed by atoms with Gasteiger partial charge in [0.25, 0.3) is 0 Å². The number of nitrogens with zero attached hydrogens (tertiary/aromatic N) is 1. The van der Waals surface area contributed by atoms with Crippen LogP contribution in [0.4, 0.5) is 5.82 Å². The van der Waals surface area contributed by atoms with Crippen LogP contribution in [0.5, 0.6) is 0 Å². The Morgan fingerprint density at radius 2 is 2.06 bits per heavy atom. The summed E-state index contributed by atoms with van der Waals surface area (Å²) in [5.41, 5.74) is 0. The zero-order chi connectivity index (χ0) is 13.6. The van der Waals surface area contributed by atoms with Gasteiger partial charge in [0.15, 0.2) is 0 Å². The third-order valence-electron chi connectivity index (χ3n) is 2.72. The third kappa shape index (κ3) is 4.27. The van der Waals surface area contributed by atoms with Gasteiger partial charge in [-0.05, 0) is 25.0 Å². The predicted octanol–water partition coefficient (Wildman–Crippen LogP) is 1.84. The van der Waals surface area contributed by atoms with Gasteiger partial charge in [0.05, 0.1) is 0 Å². The van der Waals surface area contributed by atoms with E-state index >= 15 is 0 Å². The molecule has 1 atom stereocenters. The molecular formula is C12H21N3O2S. The molecule has 6 heteroatoms. The highest BCUT2D eigenvalue weighted by atomic mass is 32.2. The summed E-state index contributed by atoms with van der Waals surface area (Å²) in [4.78, 5) is 4.25. The zero-order valence-electron chi connectivity index (χ0n) is 11.1. The maximum atomic E-state index is 12.0. The van der Waals surface area contributed by atoms with Gasteiger partial charge in [0, 0.05) is 19.3 Å². The Balaban J connectivity index is 2.72. The molecule has 102 valence electrons. The molecule has 0 amide bonds. The molecule has 0 radical (unpaired) electrons. The van der Waals surface area contributed by atoms with Gasteiger partial charge in [0.2, 0.25) is 10.0 Å². The molecule has 1 aromatic rings. The minimum absolute atomic E-state index is 0.201. The molecule has 1 heterocycles. The van der Waals surface area contributed by atoms with Crippen molar-refractivity contribution in [1.82, 2.24) is 9.71 Å². The quantitative estimate of drug-likeness (QED) is 0.794. The van der Waals surface area contributed by atoms with E-state index in [-0.39, 0.29) is 4.90 Å². The first-order chi connectivity index (χ1) is 8.49. The summed E-state index contributed by atoms with van der Waals surface area (Å²) < 4.78 is 26.5. The van der Waals surface area contributed by atoms with E-state index in [9.17, 15) is 8.42 Å². The highest BCUT2D eigenvalue weighted by Crippen LogP contribution is 2.11. The SMILES string of the molecule is CCNc1ccc(S(=O)(=O)NCC(C)CC)cn1. The topological polar surface area (TPSA) is 71.1 Å². The number of hydrogen-bond acceptors (Lipinski definition) is 4. The molecule has 0 aliphatic heterocycles. The standard InChI is InChI=1S/C12H21N3O2S/c1-4-10(3)8-15-18(16,17)11-6-7-12(13-5-2)14-9-11/h6-7,9-10,15H,4-5,8H2,1-3H3,(H,13,14). The Kier molecular flexibility index (Phi) is 5.55. The second-order valence-corrected chi connectivity index (χ2v) is 6.04. The van der Waals surface area contributed by atoms with E-state index in [2.05, 4.69) is 15.0 Å². The van der Waals surface area contributed by atoms with Crippen molar-refractivity contribution in [2.75, 3.05) is 18.4 Å². The molecule has 5 nitrogen and oxygen atoms in total. The van der Waals surface area contributed by atoms with Crippen molar-refractivity contribution in [3.05, 3.63) is 18.3 Å². The van der Waals surface area contributed by atoms with Crippen LogP contribution in [0.2, 0.25) is 0 Å². The monoisotopic (exact) mass is 271 g/mol. The highest BCUT2D eigenvalue weighted by Gasteiger charge is 2.14. The molecule has 0 bridgehead atoms. The van der Waals surface area contributed by atoms with Gasteiger partial charge in [0.1, 0.15) is 10.7 Å². The van der Waals surface area contributed by atoms with Crippen LogP contribution < -0.4 is 10.0 Å². The number of rotatable bonds is 7. The molecule has 0 fully saturated rings. The van der Waals surface area contributed by atoms with Gasteiger partial charge < -0.3 is 5.32 Å². The summed E-state index contributed by atoms with van der Waals surface area (Å²) >= 11 is 0. The molecule has 0 aliphatic rings. The van der Waals surface area contributed by atoms with E-state index in [0.29, 0.717) is 18.3 Å². The van der Waals surface area contributed by atoms with Crippen LogP contribution in [0.25, 0.3) is 0 Å². The molecule has 0 saturated heterocycles. The number of anilines is 1. The molecular weight excluding hydrogens is 250 g/mol. The van der Waals surface area contributed by atoms with Crippen LogP contribution in [-0.2, 0) is 10.0 Å². The first-order valence-electron chi connectivity index (χ1n) is 6.19. The van der Waals surface area contributed by atoms with Crippen molar-refractivity contribution in [3.63, 3.8) is 0 Å². The Morgan fingerprint density at radius 3 is 2.56 bits per heavy atom. The van der Waals surface area contributed by atoms with Crippen LogP contribution in [0.15, 0.2) is 23.2 Å². The summed E-state index contributed by atoms with van der Waals surface area (Å²) in [5, 5.41) is 3.02. The minimum Gasteiger partial charge on any atom is -0.370 e. The molecule has 0 saturated carbocycles. The molecule has 1 aromatic heterocycles. The van der Waals surface area contributed by atoms with Gasteiger partial charge in [-0.2, -0.15) is 0 Å². The molecule has 1 rings (SSSR count). The normalized spacial score (nSPS) is 13.3. The van der Waals surface area contributed by atoms with Gasteiger partial charge in [-0.1, -0.05) is 20.3 Å². The van der Waals surface area contributed by atoms with Crippen LogP contribution in [0, 0.1) is 5.92 Å². The number of aromatic nitrogens is 1. The van der Waals surface area contributed by atoms with Crippen molar-refractivity contribution in [3.8, 4) is 0 Å². The van der Waals surface area contributed by atoms with Crippen molar-refractivity contribution in [2.24, 2.45) is 5.92 Å². The number of pyridine rings is 1. The molecule has 0 aliphatic carbocycles. The lowest BCUT2D eigenvalue weighted by Gasteiger charge is -2.11. The molecule has 0 spiro atoms. The Bertz CT molecular complexity index is 457. The first kappa shape index (κ1) is 14.9. The van der Waals surface area contributed by atoms with Crippen molar-refractivity contribution >= 4 is 15.8 Å². The number of sulfonamides is 1. The van der Waals surface area contributed by atoms with Gasteiger partial charge >= 0.3 is 0 Å². The van der Waals surface area contributed by atoms with Crippen molar-refractivity contribution < 1.29 is 8.42 Å². The van der Waals surface area contributed by atoms with Crippen LogP contribution >= 0.6 is 0 Å². The largest absolute Gasteiger partial charge is 0.370 e. The van der Waals surface area contributed by atoms with Gasteiger partial charge in [-0.15, -0.1) is 0 Å². The van der Waals surface area contributed by atoms with E-state index in [1.165, 1.54) is 6.20 Å². The van der Waals surface area contributed by atoms with Gasteiger partial charge in [-0.25, -0.2) is 18.1 Å². The summed E-state index contributed by atoms with van der Waals surface area (Å²) in [5.74, 6) is 1.01. The van der Waals surface area contributed by atoms with Crippen molar-refractivity contribution in [2.45, 2.75) is 32.1 Å². The van der Waals surface area contributed by atoms with E-state index in [1.54, 1.807) is 12.1 Å². The minimum atomic E-state index is -3.44. The van der Waals surface area contributed by atoms with Crippen molar-refractivity contribution in [1.29, 1.82) is 0 Å². The van der Waals surface area contributed by atoms with Gasteiger partial charge in [-0.3, -0.25) is 0 Å². The predicted molar refractivity (Wildman–Crippen MR) is 73.0 cm³/mol. The Morgan fingerprint density at radius 1 is 1.33 bits per heavy atom. The lowest BCUT2D eigenvalue weighted by atomic mass is 10.1. The van der Waals surface area contributed by atoms with E-state index in [4.69, 9.17) is 0 Å². The molecule has 18 heavy (non-hydrogen) atoms. The van der Waals surface area contributed by atoms with E-state index in [1.807, 2.05) is 20.8 Å². The average molecular weight is 271 g/mol. The summed E-state index contributed by atoms with van der Waals surface area (Å²) in [6.45, 7) is 7.21. The third-order valence-corrected chi connectivity index (χ3v) is 4.13. The van der Waals surface area contributed by atoms with Crippen LogP contribution in [0.3, 0.4) is 0 Å². The molecule has 0 aromatic carbocycles. The molecule has 2 N–H and O–H groups in total. The summed E-state index contributed by atoms with van der Waals surface area (Å²) in [7, 11) is -3.44. The summed E-state index contributed by atoms with van der Waals surface area (Å²) in [6.07, 6.45) is 2.32. The fraction of sp³-hybridized carbons (Fsp3) is 0.583. The second kappa shape index (κ2) is 6.70. The number of hydrogen-bond donors (Lipinski definition) is 2. The fourth-order valence-electron chi connectivity index (χ4n) is 1.30.